The molecule has 0 spiro atoms. The van der Waals surface area contributed by atoms with Crippen molar-refractivity contribution in [3.63, 3.8) is 0 Å². The Morgan fingerprint density at radius 2 is 0.762 bits per heavy atom. The van der Waals surface area contributed by atoms with E-state index in [1.54, 1.807) is 0 Å². The van der Waals surface area contributed by atoms with Gasteiger partial charge >= 0.3 is 0 Å². The highest BCUT2D eigenvalue weighted by atomic mass is 15.1. The summed E-state index contributed by atoms with van der Waals surface area (Å²) in [6.45, 7) is 0. The topological polar surface area (TPSA) is 15.3 Å². The molecule has 0 aliphatic heterocycles. The van der Waals surface area contributed by atoms with E-state index in [-0.39, 0.29) is 0 Å². The Kier molecular flexibility index (Phi) is 8.34. The Balaban J connectivity index is 1.20. The van der Waals surface area contributed by atoms with Gasteiger partial charge in [0.15, 0.2) is 0 Å². The van der Waals surface area contributed by atoms with E-state index in [9.17, 15) is 0 Å². The summed E-state index contributed by atoms with van der Waals surface area (Å²) in [4.78, 5) is 2.29. The Morgan fingerprint density at radius 1 is 0.357 bits per heavy atom. The van der Waals surface area contributed by atoms with Crippen molar-refractivity contribution in [1.29, 1.82) is 0 Å². The molecule has 0 unspecified atom stereocenters. The Bertz CT molecular complexity index is 1740. The van der Waals surface area contributed by atoms with Gasteiger partial charge in [0, 0.05) is 28.4 Å². The van der Waals surface area contributed by atoms with E-state index in [4.69, 9.17) is 0 Å². The lowest BCUT2D eigenvalue weighted by atomic mass is 10.0. The van der Waals surface area contributed by atoms with E-state index in [1.165, 1.54) is 16.7 Å². The van der Waals surface area contributed by atoms with Crippen LogP contribution in [0.5, 0.6) is 0 Å². The monoisotopic (exact) mass is 540 g/mol. The summed E-state index contributed by atoms with van der Waals surface area (Å²) in [6, 6.07) is 57.1. The largest absolute Gasteiger partial charge is 0.356 e. The van der Waals surface area contributed by atoms with E-state index in [2.05, 4.69) is 174 Å². The van der Waals surface area contributed by atoms with Gasteiger partial charge in [0.05, 0.1) is 0 Å². The van der Waals surface area contributed by atoms with Gasteiger partial charge in [-0.2, -0.15) is 0 Å². The first-order valence-corrected chi connectivity index (χ1v) is 14.2. The lowest BCUT2D eigenvalue weighted by Gasteiger charge is -2.25. The summed E-state index contributed by atoms with van der Waals surface area (Å²) in [5.41, 5.74) is 10.2. The number of hydrogen-bond acceptors (Lipinski definition) is 2. The molecule has 0 aliphatic carbocycles. The molecular weight excluding hydrogens is 508 g/mol. The molecule has 0 fully saturated rings. The molecular formula is C40H32N2. The van der Waals surface area contributed by atoms with Crippen LogP contribution in [0.4, 0.5) is 28.4 Å². The molecule has 0 heterocycles. The van der Waals surface area contributed by atoms with Gasteiger partial charge in [0.2, 0.25) is 0 Å². The van der Waals surface area contributed by atoms with Crippen LogP contribution in [-0.2, 0) is 0 Å². The highest BCUT2D eigenvalue weighted by Gasteiger charge is 2.12. The van der Waals surface area contributed by atoms with Gasteiger partial charge in [0.1, 0.15) is 0 Å². The van der Waals surface area contributed by atoms with Crippen LogP contribution in [0.3, 0.4) is 0 Å². The molecule has 2 nitrogen and oxygen atoms in total. The second-order valence-corrected chi connectivity index (χ2v) is 10.0. The maximum Gasteiger partial charge on any atom is 0.0462 e. The van der Waals surface area contributed by atoms with Crippen molar-refractivity contribution >= 4 is 40.6 Å². The quantitative estimate of drug-likeness (QED) is 0.183. The first-order valence-electron chi connectivity index (χ1n) is 14.2. The summed E-state index contributed by atoms with van der Waals surface area (Å²) >= 11 is 0. The average molecular weight is 541 g/mol. The highest BCUT2D eigenvalue weighted by Crippen LogP contribution is 2.36. The third kappa shape index (κ3) is 6.75. The fourth-order valence-corrected chi connectivity index (χ4v) is 4.89. The lowest BCUT2D eigenvalue weighted by molar-refractivity contribution is 1.28. The number of nitrogens with zero attached hydrogens (tertiary/aromatic N) is 1. The highest BCUT2D eigenvalue weighted by molar-refractivity contribution is 5.79. The van der Waals surface area contributed by atoms with Gasteiger partial charge in [0.25, 0.3) is 0 Å². The minimum atomic E-state index is 1.07. The number of rotatable bonds is 9. The van der Waals surface area contributed by atoms with Crippen molar-refractivity contribution in [2.75, 3.05) is 10.2 Å². The second kappa shape index (κ2) is 13.2. The van der Waals surface area contributed by atoms with Gasteiger partial charge in [-0.3, -0.25) is 0 Å². The lowest BCUT2D eigenvalue weighted by Crippen LogP contribution is -2.09. The number of hydrogen-bond donors (Lipinski definition) is 1. The summed E-state index contributed by atoms with van der Waals surface area (Å²) in [5, 5.41) is 3.45. The summed E-state index contributed by atoms with van der Waals surface area (Å²) < 4.78 is 0. The van der Waals surface area contributed by atoms with Crippen LogP contribution in [0.25, 0.3) is 23.3 Å². The fraction of sp³-hybridized carbons (Fsp3) is 0. The molecule has 0 amide bonds. The molecule has 0 radical (unpaired) electrons. The van der Waals surface area contributed by atoms with E-state index in [0.717, 1.165) is 34.0 Å². The van der Waals surface area contributed by atoms with Gasteiger partial charge in [-0.15, -0.1) is 0 Å². The maximum atomic E-state index is 3.45. The zero-order valence-electron chi connectivity index (χ0n) is 23.3. The number of allylic oxidation sites excluding steroid dienone is 2. The minimum Gasteiger partial charge on any atom is -0.356 e. The van der Waals surface area contributed by atoms with Crippen LogP contribution in [-0.4, -0.2) is 0 Å². The summed E-state index contributed by atoms with van der Waals surface area (Å²) in [6.07, 6.45) is 8.40. The minimum absolute atomic E-state index is 1.07. The van der Waals surface area contributed by atoms with Crippen molar-refractivity contribution < 1.29 is 0 Å². The molecule has 0 saturated carbocycles. The Hall–Kier alpha value is -5.60. The molecule has 6 rings (SSSR count). The molecule has 2 heteroatoms. The molecule has 0 bridgehead atoms. The molecule has 0 aromatic heterocycles. The SMILES string of the molecule is C(C=Cc1ccc(N(c2ccccc2)c2ccc(-c3ccc(Nc4ccccc4)cc3)cc2)cc1)=Cc1ccccc1. The van der Waals surface area contributed by atoms with Crippen molar-refractivity contribution in [3.05, 3.63) is 187 Å². The number of nitrogens with one attached hydrogen (secondary N) is 1. The summed E-state index contributed by atoms with van der Waals surface area (Å²) in [5.74, 6) is 0. The first kappa shape index (κ1) is 26.6. The van der Waals surface area contributed by atoms with Gasteiger partial charge < -0.3 is 10.2 Å². The van der Waals surface area contributed by atoms with Gasteiger partial charge in [-0.05, 0) is 82.9 Å². The number of anilines is 5. The normalized spacial score (nSPS) is 11.1. The predicted octanol–water partition coefficient (Wildman–Crippen LogP) is 11.3. The molecule has 42 heavy (non-hydrogen) atoms. The Labute approximate surface area is 248 Å². The van der Waals surface area contributed by atoms with Crippen molar-refractivity contribution in [2.45, 2.75) is 0 Å². The van der Waals surface area contributed by atoms with Gasteiger partial charge in [-0.1, -0.05) is 127 Å². The van der Waals surface area contributed by atoms with E-state index in [1.807, 2.05) is 24.3 Å². The van der Waals surface area contributed by atoms with Crippen LogP contribution in [0, 0.1) is 0 Å². The molecule has 0 aliphatic rings. The fourth-order valence-electron chi connectivity index (χ4n) is 4.89. The average Bonchev–Trinajstić information content (AvgIpc) is 3.06. The predicted molar refractivity (Wildman–Crippen MR) is 181 cm³/mol. The van der Waals surface area contributed by atoms with Crippen molar-refractivity contribution in [3.8, 4) is 11.1 Å². The van der Waals surface area contributed by atoms with Crippen LogP contribution in [0.1, 0.15) is 11.1 Å². The maximum absolute atomic E-state index is 3.45. The van der Waals surface area contributed by atoms with E-state index in [0.29, 0.717) is 0 Å². The van der Waals surface area contributed by atoms with Crippen LogP contribution in [0.15, 0.2) is 176 Å². The number of benzene rings is 6. The molecule has 1 N–H and O–H groups in total. The first-order chi connectivity index (χ1) is 20.8. The van der Waals surface area contributed by atoms with Crippen LogP contribution in [0.2, 0.25) is 0 Å². The molecule has 6 aromatic rings. The third-order valence-electron chi connectivity index (χ3n) is 7.06. The van der Waals surface area contributed by atoms with E-state index >= 15 is 0 Å². The summed E-state index contributed by atoms with van der Waals surface area (Å²) in [7, 11) is 0. The van der Waals surface area contributed by atoms with E-state index < -0.39 is 0 Å². The molecule has 202 valence electrons. The standard InChI is InChI=1S/C40H32N2/c1-4-12-32(13-5-1)14-10-11-15-33-20-28-39(29-21-33)42(38-18-8-3-9-19-38)40-30-24-35(25-31-40)34-22-26-37(27-23-34)41-36-16-6-2-7-17-36/h1-31,41H. The van der Waals surface area contributed by atoms with Crippen LogP contribution < -0.4 is 10.2 Å². The van der Waals surface area contributed by atoms with Crippen molar-refractivity contribution in [1.82, 2.24) is 0 Å². The van der Waals surface area contributed by atoms with Crippen molar-refractivity contribution in [2.24, 2.45) is 0 Å². The smallest absolute Gasteiger partial charge is 0.0462 e. The third-order valence-corrected chi connectivity index (χ3v) is 7.06. The van der Waals surface area contributed by atoms with Gasteiger partial charge in [-0.25, -0.2) is 0 Å². The Morgan fingerprint density at radius 3 is 1.33 bits per heavy atom. The number of para-hydroxylation sites is 2. The molecule has 0 atom stereocenters. The van der Waals surface area contributed by atoms with Crippen LogP contribution >= 0.6 is 0 Å². The molecule has 6 aromatic carbocycles. The zero-order valence-corrected chi connectivity index (χ0v) is 23.3. The molecule has 0 saturated heterocycles. The zero-order chi connectivity index (χ0) is 28.4. The second-order valence-electron chi connectivity index (χ2n) is 10.0.